The Morgan fingerprint density at radius 2 is 0.973 bits per heavy atom. The van der Waals surface area contributed by atoms with E-state index in [1.807, 2.05) is 38.1 Å². The average Bonchev–Trinajstić information content (AvgIpc) is 3.48. The summed E-state index contributed by atoms with van der Waals surface area (Å²) in [5.41, 5.74) is 3.26. The standard InChI is InChI=1S/C29H26O8/c1-17-3-7-19(8-4-17)27(30)35-22-13-11-21(12-14-22)29(32)37-24-16-34-25-23(15-33-26(24)25)36-28(31)20-9-5-18(2)6-10-20/h3-14,23-26H,15-16H2,1-2H3/t23?,24?,25-,26-/m0/s1. The molecule has 0 aliphatic carbocycles. The third-order valence-electron chi connectivity index (χ3n) is 6.35. The molecule has 0 bridgehead atoms. The molecule has 8 nitrogen and oxygen atoms in total. The Morgan fingerprint density at radius 1 is 0.595 bits per heavy atom. The molecule has 0 N–H and O–H groups in total. The fraction of sp³-hybridized carbons (Fsp3) is 0.276. The van der Waals surface area contributed by atoms with E-state index in [0.717, 1.165) is 11.1 Å². The summed E-state index contributed by atoms with van der Waals surface area (Å²) in [6.07, 6.45) is -2.28. The lowest BCUT2D eigenvalue weighted by Gasteiger charge is -2.17. The zero-order valence-corrected chi connectivity index (χ0v) is 20.4. The Kier molecular flexibility index (Phi) is 7.03. The van der Waals surface area contributed by atoms with Crippen molar-refractivity contribution in [3.05, 3.63) is 101 Å². The van der Waals surface area contributed by atoms with Crippen LogP contribution in [0.25, 0.3) is 0 Å². The second-order valence-corrected chi connectivity index (χ2v) is 9.13. The maximum atomic E-state index is 12.7. The fourth-order valence-corrected chi connectivity index (χ4v) is 4.25. The molecule has 2 heterocycles. The first-order chi connectivity index (χ1) is 17.9. The summed E-state index contributed by atoms with van der Waals surface area (Å²) in [4.78, 5) is 37.5. The van der Waals surface area contributed by atoms with E-state index in [2.05, 4.69) is 0 Å². The van der Waals surface area contributed by atoms with Gasteiger partial charge in [-0.1, -0.05) is 35.4 Å². The number of hydrogen-bond acceptors (Lipinski definition) is 8. The maximum Gasteiger partial charge on any atom is 0.343 e. The molecule has 2 aliphatic rings. The van der Waals surface area contributed by atoms with Crippen molar-refractivity contribution in [2.24, 2.45) is 0 Å². The fourth-order valence-electron chi connectivity index (χ4n) is 4.25. The molecular weight excluding hydrogens is 476 g/mol. The summed E-state index contributed by atoms with van der Waals surface area (Å²) in [6, 6.07) is 20.3. The summed E-state index contributed by atoms with van der Waals surface area (Å²) >= 11 is 0. The van der Waals surface area contributed by atoms with E-state index >= 15 is 0 Å². The average molecular weight is 503 g/mol. The van der Waals surface area contributed by atoms with Gasteiger partial charge in [0.1, 0.15) is 18.0 Å². The molecule has 0 radical (unpaired) electrons. The molecule has 0 saturated carbocycles. The van der Waals surface area contributed by atoms with Crippen LogP contribution in [0.3, 0.4) is 0 Å². The molecule has 4 atom stereocenters. The number of fused-ring (bicyclic) bond motifs is 1. The van der Waals surface area contributed by atoms with Crippen molar-refractivity contribution in [1.29, 1.82) is 0 Å². The van der Waals surface area contributed by atoms with Crippen LogP contribution in [0.2, 0.25) is 0 Å². The molecule has 5 rings (SSSR count). The van der Waals surface area contributed by atoms with Gasteiger partial charge in [-0.15, -0.1) is 0 Å². The van der Waals surface area contributed by atoms with Crippen molar-refractivity contribution in [1.82, 2.24) is 0 Å². The van der Waals surface area contributed by atoms with Crippen LogP contribution in [-0.2, 0) is 18.9 Å². The van der Waals surface area contributed by atoms with Crippen LogP contribution in [0.1, 0.15) is 42.2 Å². The van der Waals surface area contributed by atoms with Crippen LogP contribution in [0, 0.1) is 13.8 Å². The molecule has 0 spiro atoms. The number of aryl methyl sites for hydroxylation is 2. The van der Waals surface area contributed by atoms with Gasteiger partial charge >= 0.3 is 17.9 Å². The van der Waals surface area contributed by atoms with Gasteiger partial charge in [0.15, 0.2) is 12.2 Å². The highest BCUT2D eigenvalue weighted by Crippen LogP contribution is 2.31. The van der Waals surface area contributed by atoms with Crippen molar-refractivity contribution in [2.45, 2.75) is 38.3 Å². The summed E-state index contributed by atoms with van der Waals surface area (Å²) in [6.45, 7) is 4.16. The van der Waals surface area contributed by atoms with E-state index in [4.69, 9.17) is 23.7 Å². The topological polar surface area (TPSA) is 97.4 Å². The summed E-state index contributed by atoms with van der Waals surface area (Å²) < 4.78 is 28.1. The highest BCUT2D eigenvalue weighted by molar-refractivity contribution is 5.92. The number of carbonyl (C=O) groups is 3. The van der Waals surface area contributed by atoms with Gasteiger partial charge < -0.3 is 23.7 Å². The molecule has 2 saturated heterocycles. The number of benzene rings is 3. The van der Waals surface area contributed by atoms with E-state index in [1.54, 1.807) is 24.3 Å². The number of esters is 3. The lowest BCUT2D eigenvalue weighted by atomic mass is 10.1. The normalized spacial score (nSPS) is 22.2. The van der Waals surface area contributed by atoms with Crippen molar-refractivity contribution in [3.8, 4) is 5.75 Å². The Morgan fingerprint density at radius 3 is 1.41 bits per heavy atom. The summed E-state index contributed by atoms with van der Waals surface area (Å²) in [5.74, 6) is -1.19. The molecule has 3 aromatic carbocycles. The van der Waals surface area contributed by atoms with E-state index in [9.17, 15) is 14.4 Å². The van der Waals surface area contributed by atoms with Gasteiger partial charge in [0.25, 0.3) is 0 Å². The van der Waals surface area contributed by atoms with Crippen molar-refractivity contribution < 1.29 is 38.1 Å². The van der Waals surface area contributed by atoms with E-state index in [0.29, 0.717) is 22.4 Å². The maximum absolute atomic E-state index is 12.7. The molecule has 8 heteroatoms. The van der Waals surface area contributed by atoms with Gasteiger partial charge in [-0.2, -0.15) is 0 Å². The summed E-state index contributed by atoms with van der Waals surface area (Å²) in [5, 5.41) is 0. The first-order valence-electron chi connectivity index (χ1n) is 12.0. The molecule has 2 unspecified atom stereocenters. The molecule has 0 aromatic heterocycles. The molecule has 2 fully saturated rings. The van der Waals surface area contributed by atoms with Gasteiger partial charge in [0.2, 0.25) is 0 Å². The largest absolute Gasteiger partial charge is 0.453 e. The Labute approximate surface area is 214 Å². The van der Waals surface area contributed by atoms with Gasteiger partial charge in [-0.25, -0.2) is 14.4 Å². The lowest BCUT2D eigenvalue weighted by molar-refractivity contribution is -0.0287. The quantitative estimate of drug-likeness (QED) is 0.368. The number of carbonyl (C=O) groups excluding carboxylic acids is 3. The lowest BCUT2D eigenvalue weighted by Crippen LogP contribution is -2.36. The monoisotopic (exact) mass is 502 g/mol. The Balaban J connectivity index is 1.14. The van der Waals surface area contributed by atoms with Crippen LogP contribution in [0.5, 0.6) is 5.75 Å². The van der Waals surface area contributed by atoms with Crippen LogP contribution in [0.4, 0.5) is 0 Å². The molecule has 2 aliphatic heterocycles. The van der Waals surface area contributed by atoms with Gasteiger partial charge in [0.05, 0.1) is 29.9 Å². The number of ether oxygens (including phenoxy) is 5. The van der Waals surface area contributed by atoms with Crippen LogP contribution in [0.15, 0.2) is 72.8 Å². The number of hydrogen-bond donors (Lipinski definition) is 0. The van der Waals surface area contributed by atoms with E-state index < -0.39 is 42.3 Å². The second kappa shape index (κ2) is 10.5. The van der Waals surface area contributed by atoms with E-state index in [-0.39, 0.29) is 13.2 Å². The number of rotatable bonds is 6. The smallest absolute Gasteiger partial charge is 0.343 e. The third-order valence-corrected chi connectivity index (χ3v) is 6.35. The van der Waals surface area contributed by atoms with Crippen LogP contribution >= 0.6 is 0 Å². The predicted molar refractivity (Wildman–Crippen MR) is 132 cm³/mol. The highest BCUT2D eigenvalue weighted by atomic mass is 16.7. The summed E-state index contributed by atoms with van der Waals surface area (Å²) in [7, 11) is 0. The van der Waals surface area contributed by atoms with Crippen molar-refractivity contribution in [3.63, 3.8) is 0 Å². The van der Waals surface area contributed by atoms with Gasteiger partial charge in [-0.05, 0) is 62.4 Å². The SMILES string of the molecule is Cc1ccc(C(=O)Oc2ccc(C(=O)OC3CO[C@H]4C(OC(=O)c5ccc(C)cc5)CO[C@@H]34)cc2)cc1. The van der Waals surface area contributed by atoms with Crippen LogP contribution in [-0.4, -0.2) is 55.5 Å². The minimum Gasteiger partial charge on any atom is -0.453 e. The first-order valence-corrected chi connectivity index (χ1v) is 12.0. The zero-order chi connectivity index (χ0) is 25.9. The van der Waals surface area contributed by atoms with Gasteiger partial charge in [0, 0.05) is 0 Å². The van der Waals surface area contributed by atoms with Crippen molar-refractivity contribution in [2.75, 3.05) is 13.2 Å². The van der Waals surface area contributed by atoms with Crippen molar-refractivity contribution >= 4 is 17.9 Å². The Bertz CT molecular complexity index is 1280. The van der Waals surface area contributed by atoms with Gasteiger partial charge in [-0.3, -0.25) is 0 Å². The molecule has 190 valence electrons. The Hall–Kier alpha value is -4.01. The third kappa shape index (κ3) is 5.55. The second-order valence-electron chi connectivity index (χ2n) is 9.13. The highest BCUT2D eigenvalue weighted by Gasteiger charge is 2.51. The minimum atomic E-state index is -0.639. The van der Waals surface area contributed by atoms with Crippen LogP contribution < -0.4 is 4.74 Å². The zero-order valence-electron chi connectivity index (χ0n) is 20.4. The minimum absolute atomic E-state index is 0.131. The van der Waals surface area contributed by atoms with E-state index in [1.165, 1.54) is 24.3 Å². The molecule has 0 amide bonds. The first kappa shape index (κ1) is 24.7. The molecule has 3 aromatic rings. The molecular formula is C29H26O8. The predicted octanol–water partition coefficient (Wildman–Crippen LogP) is 4.07. The molecule has 37 heavy (non-hydrogen) atoms.